The van der Waals surface area contributed by atoms with E-state index in [0.29, 0.717) is 13.0 Å². The summed E-state index contributed by atoms with van der Waals surface area (Å²) in [5.74, 6) is -0.119. The fourth-order valence-corrected chi connectivity index (χ4v) is 1.39. The molecule has 0 spiro atoms. The van der Waals surface area contributed by atoms with Crippen molar-refractivity contribution in [2.45, 2.75) is 33.3 Å². The van der Waals surface area contributed by atoms with Crippen molar-refractivity contribution < 1.29 is 14.6 Å². The molecule has 1 unspecified atom stereocenters. The normalized spacial score (nSPS) is 13.8. The number of rotatable bonds is 6. The topological polar surface area (TPSA) is 58.6 Å². The zero-order valence-corrected chi connectivity index (χ0v) is 9.46. The van der Waals surface area contributed by atoms with Crippen LogP contribution in [0, 0.1) is 5.41 Å². The molecule has 0 aromatic carbocycles. The summed E-state index contributed by atoms with van der Waals surface area (Å²) >= 11 is 0. The number of amides is 1. The molecule has 1 amide bonds. The van der Waals surface area contributed by atoms with Gasteiger partial charge in [-0.1, -0.05) is 13.8 Å². The molecule has 4 nitrogen and oxygen atoms in total. The molecule has 0 saturated carbocycles. The van der Waals surface area contributed by atoms with Crippen LogP contribution in [-0.4, -0.2) is 37.4 Å². The summed E-state index contributed by atoms with van der Waals surface area (Å²) in [6.45, 7) is 6.41. The van der Waals surface area contributed by atoms with E-state index in [4.69, 9.17) is 0 Å². The number of nitrogens with one attached hydrogen (secondary N) is 1. The number of hydrogen-bond donors (Lipinski definition) is 2. The summed E-state index contributed by atoms with van der Waals surface area (Å²) in [4.78, 5) is 11.1. The third kappa shape index (κ3) is 6.86. The maximum atomic E-state index is 11.1. The van der Waals surface area contributed by atoms with Gasteiger partial charge >= 0.3 is 0 Å². The summed E-state index contributed by atoms with van der Waals surface area (Å²) in [7, 11) is 1.49. The fourth-order valence-electron chi connectivity index (χ4n) is 1.39. The minimum atomic E-state index is -0.343. The minimum Gasteiger partial charge on any atom is -0.393 e. The van der Waals surface area contributed by atoms with Crippen LogP contribution in [-0.2, 0) is 9.53 Å². The summed E-state index contributed by atoms with van der Waals surface area (Å²) in [6.07, 6.45) is 0.324. The first-order valence-electron chi connectivity index (χ1n) is 4.81. The van der Waals surface area contributed by atoms with E-state index in [0.717, 1.165) is 0 Å². The highest BCUT2D eigenvalue weighted by molar-refractivity contribution is 5.77. The number of carbonyl (C=O) groups excluding carboxylic acids is 1. The fraction of sp³-hybridized carbons (Fsp3) is 0.900. The van der Waals surface area contributed by atoms with Crippen LogP contribution >= 0.6 is 0 Å². The Morgan fingerprint density at radius 2 is 2.14 bits per heavy atom. The average Bonchev–Trinajstić information content (AvgIpc) is 1.99. The van der Waals surface area contributed by atoms with Gasteiger partial charge in [-0.15, -0.1) is 0 Å². The molecule has 0 aliphatic rings. The van der Waals surface area contributed by atoms with Crippen LogP contribution in [0.15, 0.2) is 0 Å². The van der Waals surface area contributed by atoms with Crippen molar-refractivity contribution in [1.82, 2.24) is 5.32 Å². The van der Waals surface area contributed by atoms with Gasteiger partial charge in [-0.05, 0) is 18.8 Å². The summed E-state index contributed by atoms with van der Waals surface area (Å²) < 4.78 is 4.69. The molecular weight excluding hydrogens is 182 g/mol. The Morgan fingerprint density at radius 3 is 2.57 bits per heavy atom. The molecule has 0 aliphatic carbocycles. The Kier molecular flexibility index (Phi) is 5.72. The van der Waals surface area contributed by atoms with Crippen molar-refractivity contribution in [2.24, 2.45) is 5.41 Å². The molecule has 84 valence electrons. The molecule has 0 rings (SSSR count). The maximum absolute atomic E-state index is 11.1. The number of methoxy groups -OCH3 is 1. The third-order valence-electron chi connectivity index (χ3n) is 1.89. The van der Waals surface area contributed by atoms with Crippen molar-refractivity contribution in [1.29, 1.82) is 0 Å². The predicted octanol–water partition coefficient (Wildman–Crippen LogP) is 0.546. The molecule has 0 aliphatic heterocycles. The largest absolute Gasteiger partial charge is 0.393 e. The van der Waals surface area contributed by atoms with Crippen LogP contribution in [0.4, 0.5) is 0 Å². The van der Waals surface area contributed by atoms with Crippen LogP contribution < -0.4 is 5.32 Å². The van der Waals surface area contributed by atoms with E-state index in [1.54, 1.807) is 6.92 Å². The van der Waals surface area contributed by atoms with E-state index in [1.807, 2.05) is 13.8 Å². The van der Waals surface area contributed by atoms with E-state index in [2.05, 4.69) is 10.1 Å². The number of aliphatic hydroxyl groups excluding tert-OH is 1. The molecule has 14 heavy (non-hydrogen) atoms. The standard InChI is InChI=1S/C10H21NO3/c1-8(12)5-10(2,3)7-11-9(13)6-14-4/h8,12H,5-7H2,1-4H3,(H,11,13). The Bertz CT molecular complexity index is 178. The average molecular weight is 203 g/mol. The van der Waals surface area contributed by atoms with Crippen LogP contribution in [0.3, 0.4) is 0 Å². The lowest BCUT2D eigenvalue weighted by Gasteiger charge is -2.26. The first-order valence-corrected chi connectivity index (χ1v) is 4.81. The van der Waals surface area contributed by atoms with Gasteiger partial charge < -0.3 is 15.2 Å². The zero-order valence-electron chi connectivity index (χ0n) is 9.46. The molecule has 0 aromatic heterocycles. The minimum absolute atomic E-state index is 0.0857. The van der Waals surface area contributed by atoms with Gasteiger partial charge in [0.1, 0.15) is 6.61 Å². The first-order chi connectivity index (χ1) is 6.37. The predicted molar refractivity (Wildman–Crippen MR) is 55.0 cm³/mol. The molecule has 0 fully saturated rings. The highest BCUT2D eigenvalue weighted by Gasteiger charge is 2.20. The van der Waals surface area contributed by atoms with Crippen molar-refractivity contribution in [3.63, 3.8) is 0 Å². The quantitative estimate of drug-likeness (QED) is 0.662. The second-order valence-electron chi connectivity index (χ2n) is 4.43. The molecule has 0 radical (unpaired) electrons. The Labute approximate surface area is 85.6 Å². The van der Waals surface area contributed by atoms with Gasteiger partial charge in [0.05, 0.1) is 6.10 Å². The molecule has 0 aromatic rings. The van der Waals surface area contributed by atoms with E-state index in [9.17, 15) is 9.90 Å². The molecular formula is C10H21NO3. The summed E-state index contributed by atoms with van der Waals surface area (Å²) in [5, 5.41) is 12.0. The second kappa shape index (κ2) is 5.98. The molecule has 2 N–H and O–H groups in total. The molecule has 0 heterocycles. The van der Waals surface area contributed by atoms with Crippen molar-refractivity contribution in [3.8, 4) is 0 Å². The highest BCUT2D eigenvalue weighted by Crippen LogP contribution is 2.20. The molecule has 0 saturated heterocycles. The monoisotopic (exact) mass is 203 g/mol. The Balaban J connectivity index is 3.80. The summed E-state index contributed by atoms with van der Waals surface area (Å²) in [6, 6.07) is 0. The third-order valence-corrected chi connectivity index (χ3v) is 1.89. The van der Waals surface area contributed by atoms with Crippen LogP contribution in [0.2, 0.25) is 0 Å². The zero-order chi connectivity index (χ0) is 11.2. The van der Waals surface area contributed by atoms with Crippen LogP contribution in [0.5, 0.6) is 0 Å². The first kappa shape index (κ1) is 13.4. The van der Waals surface area contributed by atoms with E-state index in [1.165, 1.54) is 7.11 Å². The van der Waals surface area contributed by atoms with Crippen LogP contribution in [0.25, 0.3) is 0 Å². The lowest BCUT2D eigenvalue weighted by atomic mass is 9.87. The van der Waals surface area contributed by atoms with E-state index >= 15 is 0 Å². The van der Waals surface area contributed by atoms with Crippen molar-refractivity contribution in [3.05, 3.63) is 0 Å². The number of hydrogen-bond acceptors (Lipinski definition) is 3. The maximum Gasteiger partial charge on any atom is 0.246 e. The van der Waals surface area contributed by atoms with Gasteiger partial charge in [0, 0.05) is 13.7 Å². The van der Waals surface area contributed by atoms with Gasteiger partial charge in [0.15, 0.2) is 0 Å². The molecule has 1 atom stereocenters. The SMILES string of the molecule is COCC(=O)NCC(C)(C)CC(C)O. The number of carbonyl (C=O) groups is 1. The van der Waals surface area contributed by atoms with E-state index < -0.39 is 0 Å². The van der Waals surface area contributed by atoms with E-state index in [-0.39, 0.29) is 24.0 Å². The van der Waals surface area contributed by atoms with Crippen LogP contribution in [0.1, 0.15) is 27.2 Å². The lowest BCUT2D eigenvalue weighted by molar-refractivity contribution is -0.125. The van der Waals surface area contributed by atoms with Gasteiger partial charge in [0.25, 0.3) is 0 Å². The molecule has 0 bridgehead atoms. The van der Waals surface area contributed by atoms with Crippen molar-refractivity contribution >= 4 is 5.91 Å². The lowest BCUT2D eigenvalue weighted by Crippen LogP contribution is -2.37. The summed E-state index contributed by atoms with van der Waals surface area (Å²) in [5.41, 5.74) is -0.0857. The Morgan fingerprint density at radius 1 is 1.57 bits per heavy atom. The molecule has 4 heteroatoms. The Hall–Kier alpha value is -0.610. The highest BCUT2D eigenvalue weighted by atomic mass is 16.5. The number of aliphatic hydroxyl groups is 1. The second-order valence-corrected chi connectivity index (χ2v) is 4.43. The van der Waals surface area contributed by atoms with Gasteiger partial charge in [-0.25, -0.2) is 0 Å². The number of ether oxygens (including phenoxy) is 1. The smallest absolute Gasteiger partial charge is 0.246 e. The van der Waals surface area contributed by atoms with Gasteiger partial charge in [0.2, 0.25) is 5.91 Å². The van der Waals surface area contributed by atoms with Gasteiger partial charge in [-0.2, -0.15) is 0 Å². The van der Waals surface area contributed by atoms with Crippen molar-refractivity contribution in [2.75, 3.05) is 20.3 Å². The van der Waals surface area contributed by atoms with Gasteiger partial charge in [-0.3, -0.25) is 4.79 Å².